The van der Waals surface area contributed by atoms with Crippen LogP contribution in [0.4, 0.5) is 0 Å². The SMILES string of the molecule is CCCCCCC(C)(CCCCCC)n1nc(C)cc1C. The molecule has 0 unspecified atom stereocenters. The van der Waals surface area contributed by atoms with Crippen molar-refractivity contribution in [1.29, 1.82) is 0 Å². The van der Waals surface area contributed by atoms with Crippen LogP contribution in [0.5, 0.6) is 0 Å². The van der Waals surface area contributed by atoms with Gasteiger partial charge in [0.15, 0.2) is 0 Å². The lowest BCUT2D eigenvalue weighted by molar-refractivity contribution is 0.222. The highest BCUT2D eigenvalue weighted by atomic mass is 15.3. The summed E-state index contributed by atoms with van der Waals surface area (Å²) in [6.07, 6.45) is 13.3. The first kappa shape index (κ1) is 18.3. The minimum absolute atomic E-state index is 0.208. The first-order valence-corrected chi connectivity index (χ1v) is 9.07. The Morgan fingerprint density at radius 2 is 1.43 bits per heavy atom. The van der Waals surface area contributed by atoms with Gasteiger partial charge in [-0.05, 0) is 39.7 Å². The molecule has 1 heterocycles. The summed E-state index contributed by atoms with van der Waals surface area (Å²) in [4.78, 5) is 0. The van der Waals surface area contributed by atoms with Crippen LogP contribution in [0, 0.1) is 13.8 Å². The van der Waals surface area contributed by atoms with E-state index in [2.05, 4.69) is 45.4 Å². The summed E-state index contributed by atoms with van der Waals surface area (Å²) >= 11 is 0. The molecular formula is C19H36N2. The van der Waals surface area contributed by atoms with Gasteiger partial charge in [-0.2, -0.15) is 5.10 Å². The maximum absolute atomic E-state index is 4.80. The van der Waals surface area contributed by atoms with Crippen molar-refractivity contribution in [3.8, 4) is 0 Å². The average Bonchev–Trinajstić information content (AvgIpc) is 2.80. The Balaban J connectivity index is 2.70. The number of unbranched alkanes of at least 4 members (excludes halogenated alkanes) is 6. The predicted molar refractivity (Wildman–Crippen MR) is 92.9 cm³/mol. The summed E-state index contributed by atoms with van der Waals surface area (Å²) in [5.74, 6) is 0. The van der Waals surface area contributed by atoms with Crippen LogP contribution in [0.15, 0.2) is 6.07 Å². The lowest BCUT2D eigenvalue weighted by Crippen LogP contribution is -2.32. The summed E-state index contributed by atoms with van der Waals surface area (Å²) in [5.41, 5.74) is 2.68. The van der Waals surface area contributed by atoms with Crippen LogP contribution in [-0.4, -0.2) is 9.78 Å². The van der Waals surface area contributed by atoms with E-state index in [9.17, 15) is 0 Å². The number of hydrogen-bond acceptors (Lipinski definition) is 1. The molecule has 0 amide bonds. The zero-order chi connectivity index (χ0) is 15.7. The van der Waals surface area contributed by atoms with Crippen molar-refractivity contribution < 1.29 is 0 Å². The van der Waals surface area contributed by atoms with E-state index in [1.54, 1.807) is 0 Å². The van der Waals surface area contributed by atoms with Crippen molar-refractivity contribution >= 4 is 0 Å². The standard InChI is InChI=1S/C19H36N2/c1-6-8-10-12-14-19(5,15-13-11-9-7-2)21-18(4)16-17(3)20-21/h16H,6-15H2,1-5H3. The van der Waals surface area contributed by atoms with Crippen molar-refractivity contribution in [2.75, 3.05) is 0 Å². The van der Waals surface area contributed by atoms with Gasteiger partial charge >= 0.3 is 0 Å². The maximum Gasteiger partial charge on any atom is 0.0602 e. The molecule has 21 heavy (non-hydrogen) atoms. The molecule has 1 aromatic heterocycles. The Labute approximate surface area is 132 Å². The molecule has 2 nitrogen and oxygen atoms in total. The minimum Gasteiger partial charge on any atom is -0.264 e. The van der Waals surface area contributed by atoms with Crippen LogP contribution < -0.4 is 0 Å². The Hall–Kier alpha value is -0.790. The molecule has 122 valence electrons. The van der Waals surface area contributed by atoms with Crippen molar-refractivity contribution in [3.63, 3.8) is 0 Å². The van der Waals surface area contributed by atoms with Gasteiger partial charge in [-0.25, -0.2) is 0 Å². The largest absolute Gasteiger partial charge is 0.264 e. The molecule has 0 aliphatic carbocycles. The van der Waals surface area contributed by atoms with Gasteiger partial charge in [0.1, 0.15) is 0 Å². The molecule has 0 aliphatic rings. The Morgan fingerprint density at radius 3 is 1.81 bits per heavy atom. The van der Waals surface area contributed by atoms with Crippen LogP contribution in [0.25, 0.3) is 0 Å². The van der Waals surface area contributed by atoms with Gasteiger partial charge in [-0.15, -0.1) is 0 Å². The second kappa shape index (κ2) is 9.27. The first-order valence-electron chi connectivity index (χ1n) is 9.07. The smallest absolute Gasteiger partial charge is 0.0602 e. The van der Waals surface area contributed by atoms with E-state index < -0.39 is 0 Å². The molecular weight excluding hydrogens is 256 g/mol. The van der Waals surface area contributed by atoms with Crippen molar-refractivity contribution in [2.24, 2.45) is 0 Å². The molecule has 0 saturated heterocycles. The summed E-state index contributed by atoms with van der Waals surface area (Å²) in [6.45, 7) is 11.3. The lowest BCUT2D eigenvalue weighted by atomic mass is 9.88. The van der Waals surface area contributed by atoms with Crippen LogP contribution >= 0.6 is 0 Å². The fourth-order valence-corrected chi connectivity index (χ4v) is 3.38. The topological polar surface area (TPSA) is 17.8 Å². The van der Waals surface area contributed by atoms with E-state index in [0.717, 1.165) is 5.69 Å². The number of nitrogens with zero attached hydrogens (tertiary/aromatic N) is 2. The minimum atomic E-state index is 0.208. The first-order chi connectivity index (χ1) is 10.0. The highest BCUT2D eigenvalue weighted by Crippen LogP contribution is 2.31. The van der Waals surface area contributed by atoms with E-state index in [4.69, 9.17) is 5.10 Å². The molecule has 0 saturated carbocycles. The molecule has 0 N–H and O–H groups in total. The Bertz CT molecular complexity index is 380. The highest BCUT2D eigenvalue weighted by Gasteiger charge is 2.27. The molecule has 0 bridgehead atoms. The fourth-order valence-electron chi connectivity index (χ4n) is 3.38. The molecule has 0 radical (unpaired) electrons. The molecule has 1 rings (SSSR count). The van der Waals surface area contributed by atoms with E-state index in [0.29, 0.717) is 0 Å². The number of aryl methyl sites for hydroxylation is 2. The molecule has 1 aromatic rings. The monoisotopic (exact) mass is 292 g/mol. The summed E-state index contributed by atoms with van der Waals surface area (Å²) in [5, 5.41) is 4.80. The normalized spacial score (nSPS) is 12.0. The van der Waals surface area contributed by atoms with Gasteiger partial charge in [0, 0.05) is 5.69 Å². The fraction of sp³-hybridized carbons (Fsp3) is 0.842. The lowest BCUT2D eigenvalue weighted by Gasteiger charge is -2.32. The van der Waals surface area contributed by atoms with E-state index in [1.807, 2.05) is 0 Å². The van der Waals surface area contributed by atoms with Crippen molar-refractivity contribution in [2.45, 2.75) is 104 Å². The Kier molecular flexibility index (Phi) is 8.06. The zero-order valence-corrected chi connectivity index (χ0v) is 15.0. The molecule has 0 atom stereocenters. The van der Waals surface area contributed by atoms with Crippen molar-refractivity contribution in [3.05, 3.63) is 17.5 Å². The van der Waals surface area contributed by atoms with Crippen LogP contribution in [0.3, 0.4) is 0 Å². The number of hydrogen-bond donors (Lipinski definition) is 0. The molecule has 0 aliphatic heterocycles. The quantitative estimate of drug-likeness (QED) is 0.447. The van der Waals surface area contributed by atoms with E-state index >= 15 is 0 Å². The molecule has 0 aromatic carbocycles. The van der Waals surface area contributed by atoms with Crippen LogP contribution in [-0.2, 0) is 5.54 Å². The van der Waals surface area contributed by atoms with Gasteiger partial charge in [0.25, 0.3) is 0 Å². The number of aromatic nitrogens is 2. The highest BCUT2D eigenvalue weighted by molar-refractivity contribution is 5.09. The molecule has 0 spiro atoms. The second-order valence-corrected chi connectivity index (χ2v) is 6.96. The zero-order valence-electron chi connectivity index (χ0n) is 15.0. The van der Waals surface area contributed by atoms with Crippen LogP contribution in [0.1, 0.15) is 96.4 Å². The predicted octanol–water partition coefficient (Wildman–Crippen LogP) is 6.16. The van der Waals surface area contributed by atoms with Gasteiger partial charge in [0.2, 0.25) is 0 Å². The summed E-state index contributed by atoms with van der Waals surface area (Å²) < 4.78 is 2.32. The van der Waals surface area contributed by atoms with Gasteiger partial charge in [0.05, 0.1) is 11.2 Å². The number of rotatable bonds is 11. The van der Waals surface area contributed by atoms with Crippen molar-refractivity contribution in [1.82, 2.24) is 9.78 Å². The van der Waals surface area contributed by atoms with Gasteiger partial charge in [-0.3, -0.25) is 4.68 Å². The Morgan fingerprint density at radius 1 is 0.905 bits per heavy atom. The van der Waals surface area contributed by atoms with E-state index in [-0.39, 0.29) is 5.54 Å². The van der Waals surface area contributed by atoms with E-state index in [1.165, 1.54) is 69.9 Å². The maximum atomic E-state index is 4.80. The third kappa shape index (κ3) is 5.84. The second-order valence-electron chi connectivity index (χ2n) is 6.96. The third-order valence-electron chi connectivity index (χ3n) is 4.66. The average molecular weight is 293 g/mol. The molecule has 2 heteroatoms. The molecule has 0 fully saturated rings. The van der Waals surface area contributed by atoms with Gasteiger partial charge in [-0.1, -0.05) is 65.2 Å². The van der Waals surface area contributed by atoms with Gasteiger partial charge < -0.3 is 0 Å². The summed E-state index contributed by atoms with van der Waals surface area (Å²) in [6, 6.07) is 2.22. The summed E-state index contributed by atoms with van der Waals surface area (Å²) in [7, 11) is 0. The van der Waals surface area contributed by atoms with Crippen LogP contribution in [0.2, 0.25) is 0 Å². The third-order valence-corrected chi connectivity index (χ3v) is 4.66.